The van der Waals surface area contributed by atoms with Crippen molar-refractivity contribution in [2.24, 2.45) is 0 Å². The van der Waals surface area contributed by atoms with E-state index in [2.05, 4.69) is 12.1 Å². The first-order chi connectivity index (χ1) is 10.0. The third-order valence-electron chi connectivity index (χ3n) is 3.63. The Morgan fingerprint density at radius 3 is 2.71 bits per heavy atom. The topological polar surface area (TPSA) is 63.3 Å². The maximum atomic E-state index is 13.8. The third kappa shape index (κ3) is 2.74. The van der Waals surface area contributed by atoms with Gasteiger partial charge in [-0.15, -0.1) is 0 Å². The maximum absolute atomic E-state index is 13.8. The first-order valence-electron chi connectivity index (χ1n) is 6.66. The molecule has 2 aromatic carbocycles. The number of fused-ring (bicyclic) bond motifs is 1. The van der Waals surface area contributed by atoms with Gasteiger partial charge in [-0.05, 0) is 54.7 Å². The molecule has 0 radical (unpaired) electrons. The summed E-state index contributed by atoms with van der Waals surface area (Å²) in [5.74, 6) is -2.08. The van der Waals surface area contributed by atoms with Crippen LogP contribution in [0, 0.1) is 5.82 Å². The molecule has 21 heavy (non-hydrogen) atoms. The van der Waals surface area contributed by atoms with Crippen LogP contribution in [-0.4, -0.2) is 11.1 Å². The predicted octanol–water partition coefficient (Wildman–Crippen LogP) is 3.75. The van der Waals surface area contributed by atoms with Crippen molar-refractivity contribution in [1.82, 2.24) is 0 Å². The van der Waals surface area contributed by atoms with Crippen molar-refractivity contribution in [3.8, 4) is 0 Å². The Balaban J connectivity index is 1.91. The number of hydrogen-bond donors (Lipinski definition) is 2. The number of carboxylic acid groups (broad SMARTS) is 1. The minimum absolute atomic E-state index is 0.277. The highest BCUT2D eigenvalue weighted by atomic mass is 32.2. The molecule has 0 saturated carbocycles. The Kier molecular flexibility index (Phi) is 3.59. The van der Waals surface area contributed by atoms with Crippen LogP contribution < -0.4 is 5.73 Å². The van der Waals surface area contributed by atoms with Gasteiger partial charge in [0.05, 0.1) is 5.56 Å². The molecule has 0 unspecified atom stereocenters. The summed E-state index contributed by atoms with van der Waals surface area (Å²) in [4.78, 5) is 12.4. The Bertz CT molecular complexity index is 730. The summed E-state index contributed by atoms with van der Waals surface area (Å²) in [6.45, 7) is 0. The number of carbonyl (C=O) groups is 1. The third-order valence-corrected chi connectivity index (χ3v) is 4.69. The Morgan fingerprint density at radius 2 is 1.95 bits per heavy atom. The number of aryl methyl sites for hydroxylation is 2. The molecule has 0 saturated heterocycles. The van der Waals surface area contributed by atoms with Crippen LogP contribution in [0.4, 0.5) is 10.1 Å². The fraction of sp³-hybridized carbons (Fsp3) is 0.188. The lowest BCUT2D eigenvalue weighted by molar-refractivity contribution is 0.0692. The molecule has 1 aliphatic carbocycles. The van der Waals surface area contributed by atoms with Gasteiger partial charge in [0.1, 0.15) is 5.82 Å². The number of halogens is 1. The molecular weight excluding hydrogens is 289 g/mol. The number of rotatable bonds is 3. The average molecular weight is 303 g/mol. The van der Waals surface area contributed by atoms with Crippen LogP contribution in [0.25, 0.3) is 0 Å². The van der Waals surface area contributed by atoms with Crippen molar-refractivity contribution in [1.29, 1.82) is 0 Å². The average Bonchev–Trinajstić information content (AvgIpc) is 2.89. The Labute approximate surface area is 126 Å². The maximum Gasteiger partial charge on any atom is 0.338 e. The fourth-order valence-corrected chi connectivity index (χ4v) is 3.49. The summed E-state index contributed by atoms with van der Waals surface area (Å²) in [5.41, 5.74) is 8.43. The zero-order valence-electron chi connectivity index (χ0n) is 11.2. The Hall–Kier alpha value is -2.01. The second-order valence-electron chi connectivity index (χ2n) is 5.06. The van der Waals surface area contributed by atoms with E-state index in [0.717, 1.165) is 17.7 Å². The van der Waals surface area contributed by atoms with E-state index in [1.807, 2.05) is 6.07 Å². The van der Waals surface area contributed by atoms with E-state index in [0.29, 0.717) is 4.90 Å². The van der Waals surface area contributed by atoms with Gasteiger partial charge in [-0.2, -0.15) is 0 Å². The van der Waals surface area contributed by atoms with E-state index in [4.69, 9.17) is 10.8 Å². The standard InChI is InChI=1S/C16H14FNO2S/c17-13-8-15(14(18)7-12(13)16(19)20)21-11-5-4-9-2-1-3-10(9)6-11/h4-8H,1-3,18H2,(H,19,20). The monoisotopic (exact) mass is 303 g/mol. The number of benzene rings is 2. The van der Waals surface area contributed by atoms with E-state index < -0.39 is 17.3 Å². The normalized spacial score (nSPS) is 13.2. The lowest BCUT2D eigenvalue weighted by atomic mass is 10.1. The SMILES string of the molecule is Nc1cc(C(=O)O)c(F)cc1Sc1ccc2c(c1)CCC2. The summed E-state index contributed by atoms with van der Waals surface area (Å²) in [7, 11) is 0. The minimum Gasteiger partial charge on any atom is -0.478 e. The lowest BCUT2D eigenvalue weighted by Gasteiger charge is -2.09. The zero-order valence-corrected chi connectivity index (χ0v) is 12.0. The number of carboxylic acids is 1. The highest BCUT2D eigenvalue weighted by Crippen LogP contribution is 2.36. The van der Waals surface area contributed by atoms with Crippen LogP contribution in [0.1, 0.15) is 27.9 Å². The molecule has 5 heteroatoms. The predicted molar refractivity (Wildman–Crippen MR) is 80.4 cm³/mol. The largest absolute Gasteiger partial charge is 0.478 e. The van der Waals surface area contributed by atoms with Crippen LogP contribution in [0.3, 0.4) is 0 Å². The summed E-state index contributed by atoms with van der Waals surface area (Å²) >= 11 is 1.36. The molecule has 1 aliphatic rings. The van der Waals surface area contributed by atoms with Crippen molar-refractivity contribution in [2.75, 3.05) is 5.73 Å². The van der Waals surface area contributed by atoms with Crippen molar-refractivity contribution in [3.63, 3.8) is 0 Å². The first kappa shape index (κ1) is 13.9. The Morgan fingerprint density at radius 1 is 1.19 bits per heavy atom. The van der Waals surface area contributed by atoms with Gasteiger partial charge >= 0.3 is 5.97 Å². The van der Waals surface area contributed by atoms with Crippen LogP contribution in [-0.2, 0) is 12.8 Å². The molecule has 0 amide bonds. The van der Waals surface area contributed by atoms with Crippen molar-refractivity contribution >= 4 is 23.4 Å². The van der Waals surface area contributed by atoms with Gasteiger partial charge in [-0.3, -0.25) is 0 Å². The molecule has 3 N–H and O–H groups in total. The molecule has 0 bridgehead atoms. The summed E-state index contributed by atoms with van der Waals surface area (Å²) in [5, 5.41) is 8.87. The molecule has 3 nitrogen and oxygen atoms in total. The van der Waals surface area contributed by atoms with Crippen molar-refractivity contribution in [2.45, 2.75) is 29.1 Å². The fourth-order valence-electron chi connectivity index (χ4n) is 2.56. The molecule has 108 valence electrons. The van der Waals surface area contributed by atoms with E-state index in [1.165, 1.54) is 41.4 Å². The number of nitrogen functional groups attached to an aromatic ring is 1. The lowest BCUT2D eigenvalue weighted by Crippen LogP contribution is -2.03. The highest BCUT2D eigenvalue weighted by Gasteiger charge is 2.16. The van der Waals surface area contributed by atoms with Gasteiger partial charge in [0.2, 0.25) is 0 Å². The number of hydrogen-bond acceptors (Lipinski definition) is 3. The van der Waals surface area contributed by atoms with Crippen LogP contribution in [0.15, 0.2) is 40.1 Å². The molecule has 0 spiro atoms. The molecule has 0 aromatic heterocycles. The van der Waals surface area contributed by atoms with E-state index in [-0.39, 0.29) is 5.69 Å². The molecule has 2 aromatic rings. The van der Waals surface area contributed by atoms with E-state index in [1.54, 1.807) is 0 Å². The van der Waals surface area contributed by atoms with E-state index >= 15 is 0 Å². The molecule has 0 heterocycles. The summed E-state index contributed by atoms with van der Waals surface area (Å²) < 4.78 is 13.8. The second kappa shape index (κ2) is 5.41. The van der Waals surface area contributed by atoms with Gasteiger partial charge in [0.25, 0.3) is 0 Å². The number of nitrogens with two attached hydrogens (primary N) is 1. The first-order valence-corrected chi connectivity index (χ1v) is 7.48. The summed E-state index contributed by atoms with van der Waals surface area (Å²) in [6.07, 6.45) is 3.36. The number of aromatic carboxylic acids is 1. The van der Waals surface area contributed by atoms with Crippen LogP contribution >= 0.6 is 11.8 Å². The second-order valence-corrected chi connectivity index (χ2v) is 6.18. The quantitative estimate of drug-likeness (QED) is 0.848. The molecular formula is C16H14FNO2S. The smallest absolute Gasteiger partial charge is 0.338 e. The zero-order chi connectivity index (χ0) is 15.0. The molecule has 0 atom stereocenters. The highest BCUT2D eigenvalue weighted by molar-refractivity contribution is 7.99. The minimum atomic E-state index is -1.31. The molecule has 0 aliphatic heterocycles. The molecule has 3 rings (SSSR count). The van der Waals surface area contributed by atoms with Crippen molar-refractivity contribution < 1.29 is 14.3 Å². The van der Waals surface area contributed by atoms with Crippen LogP contribution in [0.2, 0.25) is 0 Å². The van der Waals surface area contributed by atoms with Gasteiger partial charge in [-0.25, -0.2) is 9.18 Å². The number of anilines is 1. The summed E-state index contributed by atoms with van der Waals surface area (Å²) in [6, 6.07) is 8.57. The van der Waals surface area contributed by atoms with E-state index in [9.17, 15) is 9.18 Å². The van der Waals surface area contributed by atoms with Gasteiger partial charge in [-0.1, -0.05) is 17.8 Å². The van der Waals surface area contributed by atoms with Gasteiger partial charge < -0.3 is 10.8 Å². The van der Waals surface area contributed by atoms with Crippen molar-refractivity contribution in [3.05, 3.63) is 52.8 Å². The molecule has 0 fully saturated rings. The van der Waals surface area contributed by atoms with Gasteiger partial charge in [0.15, 0.2) is 0 Å². The van der Waals surface area contributed by atoms with Gasteiger partial charge in [0, 0.05) is 15.5 Å². The van der Waals surface area contributed by atoms with Crippen LogP contribution in [0.5, 0.6) is 0 Å².